The highest BCUT2D eigenvalue weighted by Crippen LogP contribution is 2.27. The van der Waals surface area contributed by atoms with Gasteiger partial charge in [-0.15, -0.1) is 0 Å². The van der Waals surface area contributed by atoms with Crippen molar-refractivity contribution >= 4 is 5.96 Å². The number of guanidine groups is 1. The number of nitrogens with zero attached hydrogens (tertiary/aromatic N) is 1. The zero-order chi connectivity index (χ0) is 18.4. The lowest BCUT2D eigenvalue weighted by atomic mass is 10.1. The second-order valence-corrected chi connectivity index (χ2v) is 5.88. The van der Waals surface area contributed by atoms with Gasteiger partial charge in [0, 0.05) is 20.0 Å². The number of rotatable bonds is 6. The van der Waals surface area contributed by atoms with Crippen LogP contribution in [-0.2, 0) is 13.0 Å². The van der Waals surface area contributed by atoms with Crippen LogP contribution in [0.1, 0.15) is 11.1 Å². The summed E-state index contributed by atoms with van der Waals surface area (Å²) in [7, 11) is 1.68. The van der Waals surface area contributed by atoms with Gasteiger partial charge in [0.2, 0.25) is 0 Å². The van der Waals surface area contributed by atoms with Gasteiger partial charge in [-0.3, -0.25) is 4.99 Å². The first kappa shape index (κ1) is 18.0. The Morgan fingerprint density at radius 3 is 2.85 bits per heavy atom. The van der Waals surface area contributed by atoms with Gasteiger partial charge in [0.05, 0.1) is 6.54 Å². The molecule has 2 aromatic carbocycles. The topological polar surface area (TPSA) is 54.9 Å². The number of halogens is 2. The van der Waals surface area contributed by atoms with Crippen LogP contribution in [0.2, 0.25) is 0 Å². The number of benzene rings is 2. The molecule has 5 nitrogen and oxygen atoms in total. The Balaban J connectivity index is 1.47. The fourth-order valence-corrected chi connectivity index (χ4v) is 2.82. The summed E-state index contributed by atoms with van der Waals surface area (Å²) in [5.74, 6) is 1.68. The molecular formula is C19H21F2N3O2. The smallest absolute Gasteiger partial charge is 0.387 e. The molecule has 0 aromatic heterocycles. The summed E-state index contributed by atoms with van der Waals surface area (Å²) < 4.78 is 34.9. The van der Waals surface area contributed by atoms with Crippen LogP contribution in [0.3, 0.4) is 0 Å². The van der Waals surface area contributed by atoms with Gasteiger partial charge in [0.15, 0.2) is 5.96 Å². The van der Waals surface area contributed by atoms with Crippen molar-refractivity contribution in [1.29, 1.82) is 0 Å². The lowest BCUT2D eigenvalue weighted by Crippen LogP contribution is -2.41. The first-order valence-electron chi connectivity index (χ1n) is 8.37. The number of fused-ring (bicyclic) bond motifs is 1. The molecule has 0 saturated heterocycles. The van der Waals surface area contributed by atoms with E-state index in [1.807, 2.05) is 24.3 Å². The van der Waals surface area contributed by atoms with E-state index in [1.165, 1.54) is 11.6 Å². The Morgan fingerprint density at radius 1 is 1.23 bits per heavy atom. The number of alkyl halides is 2. The molecule has 0 spiro atoms. The summed E-state index contributed by atoms with van der Waals surface area (Å²) >= 11 is 0. The average molecular weight is 361 g/mol. The predicted molar refractivity (Wildman–Crippen MR) is 95.8 cm³/mol. The van der Waals surface area contributed by atoms with Gasteiger partial charge in [-0.05, 0) is 29.3 Å². The van der Waals surface area contributed by atoms with Crippen LogP contribution >= 0.6 is 0 Å². The molecule has 1 heterocycles. The first-order valence-corrected chi connectivity index (χ1v) is 8.37. The molecular weight excluding hydrogens is 340 g/mol. The van der Waals surface area contributed by atoms with Gasteiger partial charge in [-0.1, -0.05) is 30.3 Å². The summed E-state index contributed by atoms with van der Waals surface area (Å²) in [6.07, 6.45) is 0.904. The van der Waals surface area contributed by atoms with E-state index in [4.69, 9.17) is 4.74 Å². The van der Waals surface area contributed by atoms with Gasteiger partial charge < -0.3 is 20.1 Å². The molecule has 2 N–H and O–H groups in total. The molecule has 138 valence electrons. The van der Waals surface area contributed by atoms with Gasteiger partial charge >= 0.3 is 6.61 Å². The molecule has 26 heavy (non-hydrogen) atoms. The maximum atomic E-state index is 12.3. The van der Waals surface area contributed by atoms with Gasteiger partial charge in [0.25, 0.3) is 0 Å². The van der Waals surface area contributed by atoms with Gasteiger partial charge in [-0.25, -0.2) is 0 Å². The van der Waals surface area contributed by atoms with Crippen molar-refractivity contribution in [2.45, 2.75) is 25.7 Å². The van der Waals surface area contributed by atoms with E-state index >= 15 is 0 Å². The van der Waals surface area contributed by atoms with Crippen molar-refractivity contribution in [1.82, 2.24) is 10.6 Å². The highest BCUT2D eigenvalue weighted by Gasteiger charge is 2.22. The monoisotopic (exact) mass is 361 g/mol. The third kappa shape index (κ3) is 4.84. The van der Waals surface area contributed by atoms with Gasteiger partial charge in [-0.2, -0.15) is 8.78 Å². The van der Waals surface area contributed by atoms with Crippen LogP contribution < -0.4 is 20.1 Å². The van der Waals surface area contributed by atoms with Crippen molar-refractivity contribution in [3.8, 4) is 11.5 Å². The lowest BCUT2D eigenvalue weighted by molar-refractivity contribution is -0.0498. The Bertz CT molecular complexity index is 743. The molecule has 7 heteroatoms. The quantitative estimate of drug-likeness (QED) is 0.614. The maximum absolute atomic E-state index is 12.3. The molecule has 0 amide bonds. The van der Waals surface area contributed by atoms with Crippen molar-refractivity contribution in [2.75, 3.05) is 13.6 Å². The van der Waals surface area contributed by atoms with E-state index in [9.17, 15) is 8.78 Å². The van der Waals surface area contributed by atoms with E-state index in [2.05, 4.69) is 26.4 Å². The number of hydrogen-bond acceptors (Lipinski definition) is 3. The zero-order valence-electron chi connectivity index (χ0n) is 14.4. The van der Waals surface area contributed by atoms with Crippen molar-refractivity contribution in [3.63, 3.8) is 0 Å². The molecule has 1 aliphatic rings. The third-order valence-electron chi connectivity index (χ3n) is 4.02. The van der Waals surface area contributed by atoms with E-state index in [-0.39, 0.29) is 11.9 Å². The molecule has 0 fully saturated rings. The number of para-hydroxylation sites is 1. The molecule has 0 aliphatic carbocycles. The van der Waals surface area contributed by atoms with Crippen molar-refractivity contribution in [2.24, 2.45) is 4.99 Å². The molecule has 0 bridgehead atoms. The fourth-order valence-electron chi connectivity index (χ4n) is 2.82. The normalized spacial score (nSPS) is 16.2. The predicted octanol–water partition coefficient (Wildman–Crippen LogP) is 2.96. The minimum atomic E-state index is -2.83. The molecule has 1 atom stereocenters. The zero-order valence-corrected chi connectivity index (χ0v) is 14.4. The third-order valence-corrected chi connectivity index (χ3v) is 4.02. The Morgan fingerprint density at radius 2 is 2.08 bits per heavy atom. The van der Waals surface area contributed by atoms with E-state index < -0.39 is 6.61 Å². The fraction of sp³-hybridized carbons (Fsp3) is 0.316. The number of hydrogen-bond donors (Lipinski definition) is 2. The SMILES string of the molecule is CN=C(NCc1cccc(OC(F)F)c1)NCC1Cc2ccccc2O1. The average Bonchev–Trinajstić information content (AvgIpc) is 3.04. The van der Waals surface area contributed by atoms with Crippen LogP contribution in [-0.4, -0.2) is 32.3 Å². The van der Waals surface area contributed by atoms with E-state index in [1.54, 1.807) is 19.2 Å². The highest BCUT2D eigenvalue weighted by molar-refractivity contribution is 5.79. The molecule has 0 saturated carbocycles. The second-order valence-electron chi connectivity index (χ2n) is 5.88. The molecule has 1 aliphatic heterocycles. The maximum Gasteiger partial charge on any atom is 0.387 e. The molecule has 2 aromatic rings. The Kier molecular flexibility index (Phi) is 5.88. The van der Waals surface area contributed by atoms with Crippen LogP contribution in [0.5, 0.6) is 11.5 Å². The molecule has 1 unspecified atom stereocenters. The first-order chi connectivity index (χ1) is 12.6. The van der Waals surface area contributed by atoms with Crippen LogP contribution in [0, 0.1) is 0 Å². The largest absolute Gasteiger partial charge is 0.488 e. The standard InChI is InChI=1S/C19H21F2N3O2/c1-22-19(23-11-13-5-4-7-15(9-13)26-18(20)21)24-12-16-10-14-6-2-3-8-17(14)25-16/h2-9,16,18H,10-12H2,1H3,(H2,22,23,24). The summed E-state index contributed by atoms with van der Waals surface area (Å²) in [6.45, 7) is -1.78. The summed E-state index contributed by atoms with van der Waals surface area (Å²) in [5.41, 5.74) is 2.02. The molecule has 0 radical (unpaired) electrons. The minimum absolute atomic E-state index is 0.0497. The number of nitrogens with one attached hydrogen (secondary N) is 2. The highest BCUT2D eigenvalue weighted by atomic mass is 19.3. The van der Waals surface area contributed by atoms with Crippen LogP contribution in [0.25, 0.3) is 0 Å². The number of ether oxygens (including phenoxy) is 2. The van der Waals surface area contributed by atoms with Gasteiger partial charge in [0.1, 0.15) is 17.6 Å². The summed E-state index contributed by atoms with van der Waals surface area (Å²) in [6, 6.07) is 14.6. The summed E-state index contributed by atoms with van der Waals surface area (Å²) in [5, 5.41) is 6.38. The van der Waals surface area contributed by atoms with Crippen LogP contribution in [0.15, 0.2) is 53.5 Å². The minimum Gasteiger partial charge on any atom is -0.488 e. The summed E-state index contributed by atoms with van der Waals surface area (Å²) in [4.78, 5) is 4.17. The molecule has 3 rings (SSSR count). The Labute approximate surface area is 151 Å². The van der Waals surface area contributed by atoms with E-state index in [0.29, 0.717) is 19.0 Å². The Hall–Kier alpha value is -2.83. The van der Waals surface area contributed by atoms with Crippen molar-refractivity contribution in [3.05, 3.63) is 59.7 Å². The lowest BCUT2D eigenvalue weighted by Gasteiger charge is -2.16. The van der Waals surface area contributed by atoms with E-state index in [0.717, 1.165) is 17.7 Å². The number of aliphatic imine (C=N–C) groups is 1. The van der Waals surface area contributed by atoms with Crippen LogP contribution in [0.4, 0.5) is 8.78 Å². The van der Waals surface area contributed by atoms with Crippen molar-refractivity contribution < 1.29 is 18.3 Å². The second kappa shape index (κ2) is 8.51.